The first-order chi connectivity index (χ1) is 10.6. The summed E-state index contributed by atoms with van der Waals surface area (Å²) in [7, 11) is 0. The molecule has 1 aromatic carbocycles. The Balaban J connectivity index is 1.67. The number of nitrogens with zero attached hydrogens (tertiary/aromatic N) is 2. The lowest BCUT2D eigenvalue weighted by Crippen LogP contribution is -2.49. The van der Waals surface area contributed by atoms with E-state index in [1.165, 1.54) is 6.07 Å². The maximum Gasteiger partial charge on any atom is 0.254 e. The van der Waals surface area contributed by atoms with Crippen molar-refractivity contribution in [1.82, 2.24) is 9.88 Å². The maximum atomic E-state index is 12.6. The van der Waals surface area contributed by atoms with Crippen LogP contribution in [0.5, 0.6) is 0 Å². The van der Waals surface area contributed by atoms with Gasteiger partial charge in [0.2, 0.25) is 5.56 Å². The molecule has 3 rings (SSSR count). The molecule has 22 heavy (non-hydrogen) atoms. The maximum absolute atomic E-state index is 12.6. The monoisotopic (exact) mass is 297 g/mol. The number of hydrogen-bond acceptors (Lipinski definition) is 3. The molecule has 1 aliphatic rings. The second-order valence-electron chi connectivity index (χ2n) is 5.51. The van der Waals surface area contributed by atoms with Gasteiger partial charge in [-0.1, -0.05) is 18.2 Å². The van der Waals surface area contributed by atoms with Crippen molar-refractivity contribution in [1.29, 1.82) is 0 Å². The molecule has 0 bridgehead atoms. The number of amides is 1. The van der Waals surface area contributed by atoms with Crippen molar-refractivity contribution in [3.63, 3.8) is 0 Å². The minimum absolute atomic E-state index is 0.0965. The summed E-state index contributed by atoms with van der Waals surface area (Å²) in [4.78, 5) is 30.4. The van der Waals surface area contributed by atoms with Crippen molar-refractivity contribution in [2.24, 2.45) is 0 Å². The van der Waals surface area contributed by atoms with Gasteiger partial charge in [-0.15, -0.1) is 0 Å². The summed E-state index contributed by atoms with van der Waals surface area (Å²) in [5.41, 5.74) is 2.68. The average Bonchev–Trinajstić information content (AvgIpc) is 2.56. The van der Waals surface area contributed by atoms with E-state index in [2.05, 4.69) is 9.88 Å². The summed E-state index contributed by atoms with van der Waals surface area (Å²) in [6.07, 6.45) is 1.72. The highest BCUT2D eigenvalue weighted by molar-refractivity contribution is 5.95. The summed E-state index contributed by atoms with van der Waals surface area (Å²) < 4.78 is 0. The van der Waals surface area contributed by atoms with E-state index >= 15 is 0 Å². The van der Waals surface area contributed by atoms with Gasteiger partial charge in [0, 0.05) is 44.0 Å². The third kappa shape index (κ3) is 2.88. The summed E-state index contributed by atoms with van der Waals surface area (Å²) in [6.45, 7) is 4.87. The van der Waals surface area contributed by atoms with E-state index < -0.39 is 0 Å². The number of aromatic nitrogens is 1. The quantitative estimate of drug-likeness (QED) is 0.917. The van der Waals surface area contributed by atoms with Crippen LogP contribution in [0.2, 0.25) is 0 Å². The first-order valence-corrected chi connectivity index (χ1v) is 7.44. The van der Waals surface area contributed by atoms with Crippen LogP contribution in [0.15, 0.2) is 47.4 Å². The number of carbonyl (C=O) groups is 1. The van der Waals surface area contributed by atoms with Gasteiger partial charge in [0.25, 0.3) is 5.91 Å². The number of aryl methyl sites for hydroxylation is 1. The van der Waals surface area contributed by atoms with Crippen LogP contribution in [0.1, 0.15) is 15.9 Å². The number of hydrogen-bond donors (Lipinski definition) is 1. The van der Waals surface area contributed by atoms with E-state index in [4.69, 9.17) is 0 Å². The molecule has 5 nitrogen and oxygen atoms in total. The molecule has 2 heterocycles. The van der Waals surface area contributed by atoms with Crippen LogP contribution in [-0.2, 0) is 0 Å². The highest BCUT2D eigenvalue weighted by Gasteiger charge is 2.23. The molecule has 0 unspecified atom stereocenters. The number of aromatic amines is 1. The molecule has 5 heteroatoms. The van der Waals surface area contributed by atoms with Gasteiger partial charge >= 0.3 is 0 Å². The Kier molecular flexibility index (Phi) is 3.96. The fourth-order valence-corrected chi connectivity index (χ4v) is 2.75. The molecular formula is C17H19N3O2. The molecule has 1 amide bonds. The molecule has 1 saturated heterocycles. The zero-order valence-corrected chi connectivity index (χ0v) is 12.6. The zero-order valence-electron chi connectivity index (χ0n) is 12.6. The number of H-pyrrole nitrogens is 1. The van der Waals surface area contributed by atoms with E-state index in [1.807, 2.05) is 42.2 Å². The van der Waals surface area contributed by atoms with Gasteiger partial charge in [0.05, 0.1) is 5.69 Å². The summed E-state index contributed by atoms with van der Waals surface area (Å²) in [5, 5.41) is 0. The van der Waals surface area contributed by atoms with Crippen molar-refractivity contribution >= 4 is 11.6 Å². The van der Waals surface area contributed by atoms with Crippen molar-refractivity contribution in [3.05, 3.63) is 64.1 Å². The zero-order chi connectivity index (χ0) is 15.5. The summed E-state index contributed by atoms with van der Waals surface area (Å²) >= 11 is 0. The molecule has 1 N–H and O–H groups in total. The molecule has 1 aromatic heterocycles. The molecule has 1 aliphatic heterocycles. The molecule has 0 radical (unpaired) electrons. The van der Waals surface area contributed by atoms with Crippen molar-refractivity contribution in [3.8, 4) is 0 Å². The molecule has 0 atom stereocenters. The Morgan fingerprint density at radius 2 is 1.77 bits per heavy atom. The number of carbonyl (C=O) groups excluding carboxylic acids is 1. The fourth-order valence-electron chi connectivity index (χ4n) is 2.75. The van der Waals surface area contributed by atoms with Gasteiger partial charge in [-0.25, -0.2) is 0 Å². The second kappa shape index (κ2) is 6.05. The second-order valence-corrected chi connectivity index (χ2v) is 5.51. The Hall–Kier alpha value is -2.56. The molecule has 114 valence electrons. The number of piperazine rings is 1. The molecule has 0 aliphatic carbocycles. The van der Waals surface area contributed by atoms with Gasteiger partial charge in [0.1, 0.15) is 0 Å². The normalized spacial score (nSPS) is 15.0. The Morgan fingerprint density at radius 1 is 1.05 bits per heavy atom. The minimum Gasteiger partial charge on any atom is -0.367 e. The van der Waals surface area contributed by atoms with Crippen LogP contribution in [0, 0.1) is 6.92 Å². The number of benzene rings is 1. The first-order valence-electron chi connectivity index (χ1n) is 7.44. The predicted octanol–water partition coefficient (Wildman–Crippen LogP) is 1.65. The number of anilines is 1. The third-order valence-corrected chi connectivity index (χ3v) is 4.08. The largest absolute Gasteiger partial charge is 0.367 e. The minimum atomic E-state index is -0.0999. The smallest absolute Gasteiger partial charge is 0.254 e. The lowest BCUT2D eigenvalue weighted by Gasteiger charge is -2.36. The number of nitrogens with one attached hydrogen (secondary N) is 1. The summed E-state index contributed by atoms with van der Waals surface area (Å²) in [6, 6.07) is 11.0. The summed E-state index contributed by atoms with van der Waals surface area (Å²) in [5.74, 6) is 0.0965. The van der Waals surface area contributed by atoms with Crippen LogP contribution >= 0.6 is 0 Å². The third-order valence-electron chi connectivity index (χ3n) is 4.08. The lowest BCUT2D eigenvalue weighted by atomic mass is 10.1. The van der Waals surface area contributed by atoms with E-state index in [0.29, 0.717) is 13.1 Å². The van der Waals surface area contributed by atoms with E-state index in [1.54, 1.807) is 6.20 Å². The van der Waals surface area contributed by atoms with Gasteiger partial charge in [-0.2, -0.15) is 0 Å². The van der Waals surface area contributed by atoms with Crippen molar-refractivity contribution < 1.29 is 4.79 Å². The lowest BCUT2D eigenvalue weighted by molar-refractivity contribution is 0.0746. The Morgan fingerprint density at radius 3 is 2.41 bits per heavy atom. The fraction of sp³-hybridized carbons (Fsp3) is 0.294. The highest BCUT2D eigenvalue weighted by Crippen LogP contribution is 2.16. The molecule has 0 saturated carbocycles. The topological polar surface area (TPSA) is 56.4 Å². The Bertz CT molecular complexity index is 710. The van der Waals surface area contributed by atoms with Gasteiger partial charge in [0.15, 0.2) is 0 Å². The molecular weight excluding hydrogens is 278 g/mol. The van der Waals surface area contributed by atoms with E-state index in [0.717, 1.165) is 29.9 Å². The SMILES string of the molecule is Cc1ccccc1C(=O)N1CCN(c2ccc(=O)[nH]c2)CC1. The van der Waals surface area contributed by atoms with Crippen LogP contribution in [-0.4, -0.2) is 42.0 Å². The van der Waals surface area contributed by atoms with Gasteiger partial charge in [-0.3, -0.25) is 9.59 Å². The van der Waals surface area contributed by atoms with Crippen molar-refractivity contribution in [2.45, 2.75) is 6.92 Å². The van der Waals surface area contributed by atoms with Gasteiger partial charge < -0.3 is 14.8 Å². The predicted molar refractivity (Wildman–Crippen MR) is 86.4 cm³/mol. The standard InChI is InChI=1S/C17H19N3O2/c1-13-4-2-3-5-15(13)17(22)20-10-8-19(9-11-20)14-6-7-16(21)18-12-14/h2-7,12H,8-11H2,1H3,(H,18,21). The highest BCUT2D eigenvalue weighted by atomic mass is 16.2. The van der Waals surface area contributed by atoms with Crippen LogP contribution in [0.25, 0.3) is 0 Å². The van der Waals surface area contributed by atoms with Crippen LogP contribution in [0.3, 0.4) is 0 Å². The first kappa shape index (κ1) is 14.4. The van der Waals surface area contributed by atoms with Crippen molar-refractivity contribution in [2.75, 3.05) is 31.1 Å². The molecule has 2 aromatic rings. The van der Waals surface area contributed by atoms with Gasteiger partial charge in [-0.05, 0) is 24.6 Å². The Labute approximate surface area is 129 Å². The van der Waals surface area contributed by atoms with E-state index in [9.17, 15) is 9.59 Å². The van der Waals surface area contributed by atoms with Crippen LogP contribution < -0.4 is 10.5 Å². The molecule has 0 spiro atoms. The average molecular weight is 297 g/mol. The number of rotatable bonds is 2. The van der Waals surface area contributed by atoms with E-state index in [-0.39, 0.29) is 11.5 Å². The van der Waals surface area contributed by atoms with Crippen LogP contribution in [0.4, 0.5) is 5.69 Å². The number of pyridine rings is 1. The molecule has 1 fully saturated rings.